The Kier molecular flexibility index (Phi) is 2.92. The van der Waals surface area contributed by atoms with E-state index >= 15 is 0 Å². The number of nitrogens with zero attached hydrogens (tertiary/aromatic N) is 2. The summed E-state index contributed by atoms with van der Waals surface area (Å²) in [5.41, 5.74) is 0.580. The van der Waals surface area contributed by atoms with E-state index in [0.29, 0.717) is 16.6 Å². The summed E-state index contributed by atoms with van der Waals surface area (Å²) < 4.78 is 24.3. The molecule has 0 aliphatic carbocycles. The molecule has 24 heavy (non-hydrogen) atoms. The van der Waals surface area contributed by atoms with Gasteiger partial charge in [-0.3, -0.25) is 4.79 Å². The molecule has 2 aromatic heterocycles. The normalized spacial score (nSPS) is 11.2. The van der Waals surface area contributed by atoms with Crippen molar-refractivity contribution in [2.24, 2.45) is 0 Å². The lowest BCUT2D eigenvalue weighted by Crippen LogP contribution is -2.07. The number of halogens is 1. The van der Waals surface area contributed by atoms with Gasteiger partial charge in [-0.05, 0) is 28.5 Å². The molecule has 8 heteroatoms. The van der Waals surface area contributed by atoms with Gasteiger partial charge in [0, 0.05) is 17.2 Å². The fourth-order valence-corrected chi connectivity index (χ4v) is 2.51. The molecule has 0 amide bonds. The molecule has 0 bridgehead atoms. The van der Waals surface area contributed by atoms with Crippen LogP contribution >= 0.6 is 0 Å². The van der Waals surface area contributed by atoms with Crippen LogP contribution in [0.2, 0.25) is 0 Å². The first-order chi connectivity index (χ1) is 11.5. The third-order valence-electron chi connectivity index (χ3n) is 3.60. The van der Waals surface area contributed by atoms with Crippen LogP contribution in [-0.4, -0.2) is 21.4 Å². The van der Waals surface area contributed by atoms with Crippen molar-refractivity contribution in [2.75, 3.05) is 0 Å². The Morgan fingerprint density at radius 2 is 1.96 bits per heavy atom. The van der Waals surface area contributed by atoms with E-state index in [1.807, 2.05) is 0 Å². The van der Waals surface area contributed by atoms with Gasteiger partial charge in [-0.2, -0.15) is 0 Å². The zero-order chi connectivity index (χ0) is 16.8. The molecule has 0 saturated heterocycles. The molecule has 0 radical (unpaired) electrons. The number of aromatic carboxylic acids is 1. The van der Waals surface area contributed by atoms with E-state index in [2.05, 4.69) is 14.9 Å². The Hall–Kier alpha value is -3.55. The quantitative estimate of drug-likeness (QED) is 0.603. The van der Waals surface area contributed by atoms with Crippen molar-refractivity contribution in [1.82, 2.24) is 10.3 Å². The largest absolute Gasteiger partial charge is 0.475 e. The highest BCUT2D eigenvalue weighted by atomic mass is 19.1. The van der Waals surface area contributed by atoms with Crippen molar-refractivity contribution in [2.45, 2.75) is 0 Å². The molecule has 2 heterocycles. The third kappa shape index (κ3) is 2.04. The zero-order valence-electron chi connectivity index (χ0n) is 11.8. The van der Waals surface area contributed by atoms with Crippen LogP contribution in [0, 0.1) is 5.82 Å². The van der Waals surface area contributed by atoms with Gasteiger partial charge in [0.25, 0.3) is 0 Å². The molecule has 0 fully saturated rings. The van der Waals surface area contributed by atoms with Crippen molar-refractivity contribution in [3.63, 3.8) is 0 Å². The fourth-order valence-electron chi connectivity index (χ4n) is 2.51. The van der Waals surface area contributed by atoms with Crippen molar-refractivity contribution in [1.29, 1.82) is 0 Å². The average Bonchev–Trinajstić information content (AvgIpc) is 3.03. The summed E-state index contributed by atoms with van der Waals surface area (Å²) in [6.07, 6.45) is 0. The SMILES string of the molecule is O=C(O)c1cc(=O)c2cc(F)c(-c3cccc4nonc34)cc2o1. The second-order valence-corrected chi connectivity index (χ2v) is 5.05. The van der Waals surface area contributed by atoms with Crippen LogP contribution < -0.4 is 5.43 Å². The Morgan fingerprint density at radius 3 is 2.75 bits per heavy atom. The fraction of sp³-hybridized carbons (Fsp3) is 0. The molecule has 118 valence electrons. The Morgan fingerprint density at radius 1 is 1.12 bits per heavy atom. The van der Waals surface area contributed by atoms with Gasteiger partial charge >= 0.3 is 5.97 Å². The lowest BCUT2D eigenvalue weighted by atomic mass is 10.0. The standard InChI is InChI=1S/C16H7FN2O5/c17-10-4-9-12(20)6-14(16(21)22)23-13(9)5-8(10)7-2-1-3-11-15(7)19-24-18-11/h1-6H,(H,21,22). The van der Waals surface area contributed by atoms with Gasteiger partial charge in [0.15, 0.2) is 5.43 Å². The maximum atomic E-state index is 14.5. The predicted octanol–water partition coefficient (Wildman–Crippen LogP) is 2.83. The number of rotatable bonds is 2. The number of carbonyl (C=O) groups is 1. The maximum Gasteiger partial charge on any atom is 0.371 e. The van der Waals surface area contributed by atoms with Gasteiger partial charge in [0.1, 0.15) is 22.4 Å². The van der Waals surface area contributed by atoms with E-state index in [0.717, 1.165) is 12.1 Å². The van der Waals surface area contributed by atoms with Gasteiger partial charge in [-0.15, -0.1) is 0 Å². The highest BCUT2D eigenvalue weighted by Crippen LogP contribution is 2.31. The molecule has 0 atom stereocenters. The van der Waals surface area contributed by atoms with E-state index in [1.54, 1.807) is 18.2 Å². The number of carboxylic acid groups (broad SMARTS) is 1. The molecule has 0 spiro atoms. The summed E-state index contributed by atoms with van der Waals surface area (Å²) in [4.78, 5) is 23.0. The molecule has 0 unspecified atom stereocenters. The monoisotopic (exact) mass is 326 g/mol. The summed E-state index contributed by atoms with van der Waals surface area (Å²) in [6.45, 7) is 0. The van der Waals surface area contributed by atoms with Gasteiger partial charge in [0.05, 0.1) is 5.39 Å². The minimum atomic E-state index is -1.39. The van der Waals surface area contributed by atoms with Crippen molar-refractivity contribution in [3.8, 4) is 11.1 Å². The number of hydrogen-bond acceptors (Lipinski definition) is 6. The summed E-state index contributed by atoms with van der Waals surface area (Å²) >= 11 is 0. The minimum Gasteiger partial charge on any atom is -0.475 e. The molecule has 1 N–H and O–H groups in total. The molecule has 7 nitrogen and oxygen atoms in total. The highest BCUT2D eigenvalue weighted by molar-refractivity contribution is 5.94. The first-order valence-electron chi connectivity index (χ1n) is 6.77. The van der Waals surface area contributed by atoms with Gasteiger partial charge in [0.2, 0.25) is 5.76 Å². The second kappa shape index (κ2) is 4.98. The van der Waals surface area contributed by atoms with Gasteiger partial charge in [-0.1, -0.05) is 12.1 Å². The van der Waals surface area contributed by atoms with Crippen LogP contribution in [0.3, 0.4) is 0 Å². The minimum absolute atomic E-state index is 0.0373. The van der Waals surface area contributed by atoms with Crippen LogP contribution in [0.25, 0.3) is 33.1 Å². The van der Waals surface area contributed by atoms with Crippen LogP contribution in [0.15, 0.2) is 50.2 Å². The van der Waals surface area contributed by atoms with E-state index in [1.165, 1.54) is 6.07 Å². The predicted molar refractivity (Wildman–Crippen MR) is 80.2 cm³/mol. The number of aromatic nitrogens is 2. The lowest BCUT2D eigenvalue weighted by molar-refractivity contribution is 0.0663. The van der Waals surface area contributed by atoms with Crippen molar-refractivity contribution < 1.29 is 23.3 Å². The average molecular weight is 326 g/mol. The first kappa shape index (κ1) is 14.1. The molecule has 4 aromatic rings. The Labute approximate surface area is 131 Å². The number of benzene rings is 2. The van der Waals surface area contributed by atoms with Crippen LogP contribution in [0.5, 0.6) is 0 Å². The molecular weight excluding hydrogens is 319 g/mol. The molecular formula is C16H7FN2O5. The number of hydrogen-bond donors (Lipinski definition) is 1. The highest BCUT2D eigenvalue weighted by Gasteiger charge is 2.17. The Bertz CT molecular complexity index is 1180. The van der Waals surface area contributed by atoms with E-state index in [9.17, 15) is 14.0 Å². The lowest BCUT2D eigenvalue weighted by Gasteiger charge is -2.06. The summed E-state index contributed by atoms with van der Waals surface area (Å²) in [5, 5.41) is 16.4. The van der Waals surface area contributed by atoms with Crippen LogP contribution in [-0.2, 0) is 0 Å². The van der Waals surface area contributed by atoms with Crippen molar-refractivity contribution >= 4 is 28.0 Å². The topological polar surface area (TPSA) is 106 Å². The summed E-state index contributed by atoms with van der Waals surface area (Å²) in [5.74, 6) is -2.58. The maximum absolute atomic E-state index is 14.5. The summed E-state index contributed by atoms with van der Waals surface area (Å²) in [6, 6.07) is 7.99. The number of fused-ring (bicyclic) bond motifs is 2. The molecule has 0 aliphatic heterocycles. The summed E-state index contributed by atoms with van der Waals surface area (Å²) in [7, 11) is 0. The second-order valence-electron chi connectivity index (χ2n) is 5.05. The van der Waals surface area contributed by atoms with Gasteiger partial charge < -0.3 is 9.52 Å². The Balaban J connectivity index is 2.06. The van der Waals surface area contributed by atoms with Crippen molar-refractivity contribution in [3.05, 3.63) is 58.2 Å². The van der Waals surface area contributed by atoms with E-state index < -0.39 is 23.0 Å². The van der Waals surface area contributed by atoms with E-state index in [-0.39, 0.29) is 16.5 Å². The number of carboxylic acids is 1. The zero-order valence-corrected chi connectivity index (χ0v) is 11.8. The van der Waals surface area contributed by atoms with Crippen LogP contribution in [0.4, 0.5) is 4.39 Å². The third-order valence-corrected chi connectivity index (χ3v) is 3.60. The molecule has 4 rings (SSSR count). The van der Waals surface area contributed by atoms with E-state index in [4.69, 9.17) is 9.52 Å². The van der Waals surface area contributed by atoms with Gasteiger partial charge in [-0.25, -0.2) is 13.8 Å². The smallest absolute Gasteiger partial charge is 0.371 e. The molecule has 2 aromatic carbocycles. The van der Waals surface area contributed by atoms with Crippen LogP contribution in [0.1, 0.15) is 10.6 Å². The molecule has 0 saturated carbocycles. The first-order valence-corrected chi connectivity index (χ1v) is 6.77. The molecule has 0 aliphatic rings.